The molecule has 1 rings (SSSR count). The van der Waals surface area contributed by atoms with Gasteiger partial charge in [0.15, 0.2) is 0 Å². The molecule has 6 heteroatoms. The summed E-state index contributed by atoms with van der Waals surface area (Å²) in [6, 6.07) is 0.793. The normalized spacial score (nSPS) is 21.9. The summed E-state index contributed by atoms with van der Waals surface area (Å²) >= 11 is 0. The molecule has 0 aromatic heterocycles. The molecule has 0 N–H and O–H groups in total. The van der Waals surface area contributed by atoms with Crippen molar-refractivity contribution in [1.82, 2.24) is 0 Å². The van der Waals surface area contributed by atoms with Crippen LogP contribution in [0.5, 0.6) is 0 Å². The summed E-state index contributed by atoms with van der Waals surface area (Å²) in [4.78, 5) is 10.6. The van der Waals surface area contributed by atoms with Crippen LogP contribution in [0.4, 0.5) is 4.79 Å². The molecule has 82 valence electrons. The first-order valence-corrected chi connectivity index (χ1v) is 7.06. The largest absolute Gasteiger partial charge is 0.508 e. The van der Waals surface area contributed by atoms with Crippen LogP contribution in [-0.2, 0) is 18.3 Å². The van der Waals surface area contributed by atoms with Crippen LogP contribution in [0.15, 0.2) is 0 Å². The maximum absolute atomic E-state index is 10.6. The summed E-state index contributed by atoms with van der Waals surface area (Å²) < 4.78 is 20.2. The summed E-state index contributed by atoms with van der Waals surface area (Å²) in [5.74, 6) is 0. The van der Waals surface area contributed by atoms with E-state index in [0.717, 1.165) is 12.5 Å². The van der Waals surface area contributed by atoms with E-state index in [4.69, 9.17) is 13.6 Å². The summed E-state index contributed by atoms with van der Waals surface area (Å²) in [5, 5.41) is 0. The molecule has 1 aliphatic heterocycles. The molecular weight excluding hydrogens is 204 g/mol. The smallest absolute Gasteiger partial charge is 0.430 e. The van der Waals surface area contributed by atoms with Crippen LogP contribution in [0, 0.1) is 0 Å². The van der Waals surface area contributed by atoms with E-state index in [0.29, 0.717) is 6.61 Å². The Morgan fingerprint density at radius 3 is 2.57 bits per heavy atom. The third-order valence-corrected chi connectivity index (χ3v) is 5.36. The Labute approximate surface area is 84.5 Å². The van der Waals surface area contributed by atoms with E-state index in [1.807, 2.05) is 6.55 Å². The highest BCUT2D eigenvalue weighted by Crippen LogP contribution is 2.19. The molecule has 0 aromatic carbocycles. The molecule has 0 bridgehead atoms. The van der Waals surface area contributed by atoms with Crippen LogP contribution < -0.4 is 0 Å². The van der Waals surface area contributed by atoms with Gasteiger partial charge in [-0.05, 0) is 19.0 Å². The zero-order chi connectivity index (χ0) is 10.6. The fourth-order valence-corrected chi connectivity index (χ4v) is 2.64. The fraction of sp³-hybridized carbons (Fsp3) is 0.875. The number of carbonyl (C=O) groups excluding carboxylic acids is 1. The second-order valence-electron chi connectivity index (χ2n) is 3.38. The minimum Gasteiger partial charge on any atom is -0.430 e. The number of cyclic esters (lactones) is 2. The second-order valence-corrected chi connectivity index (χ2v) is 6.97. The summed E-state index contributed by atoms with van der Waals surface area (Å²) in [5.41, 5.74) is 0. The number of hydrogen-bond donors (Lipinski definition) is 0. The number of carbonyl (C=O) groups is 1. The van der Waals surface area contributed by atoms with Crippen molar-refractivity contribution in [3.05, 3.63) is 0 Å². The van der Waals surface area contributed by atoms with Crippen molar-refractivity contribution in [2.24, 2.45) is 0 Å². The quantitative estimate of drug-likeness (QED) is 0.516. The molecule has 0 saturated carbocycles. The predicted octanol–water partition coefficient (Wildman–Crippen LogP) is 1.28. The van der Waals surface area contributed by atoms with Crippen molar-refractivity contribution >= 4 is 14.7 Å². The van der Waals surface area contributed by atoms with Gasteiger partial charge < -0.3 is 18.3 Å². The van der Waals surface area contributed by atoms with Gasteiger partial charge in [0, 0.05) is 14.2 Å². The Morgan fingerprint density at radius 1 is 1.50 bits per heavy atom. The minimum atomic E-state index is -2.03. The van der Waals surface area contributed by atoms with Crippen LogP contribution >= 0.6 is 0 Å². The van der Waals surface area contributed by atoms with Crippen LogP contribution in [0.25, 0.3) is 0 Å². The Kier molecular flexibility index (Phi) is 3.91. The van der Waals surface area contributed by atoms with Crippen molar-refractivity contribution in [1.29, 1.82) is 0 Å². The van der Waals surface area contributed by atoms with Gasteiger partial charge >= 0.3 is 14.7 Å². The predicted molar refractivity (Wildman–Crippen MR) is 51.3 cm³/mol. The Hall–Kier alpha value is -0.593. The lowest BCUT2D eigenvalue weighted by Gasteiger charge is -2.23. The highest BCUT2D eigenvalue weighted by Gasteiger charge is 2.33. The van der Waals surface area contributed by atoms with Gasteiger partial charge in [0.2, 0.25) is 0 Å². The number of ether oxygens (including phenoxy) is 2. The highest BCUT2D eigenvalue weighted by molar-refractivity contribution is 6.65. The van der Waals surface area contributed by atoms with E-state index in [2.05, 4.69) is 4.74 Å². The van der Waals surface area contributed by atoms with E-state index in [-0.39, 0.29) is 6.10 Å². The Bertz CT molecular complexity index is 204. The van der Waals surface area contributed by atoms with Gasteiger partial charge in [0.25, 0.3) is 0 Å². The van der Waals surface area contributed by atoms with Crippen LogP contribution in [-0.4, -0.2) is 41.6 Å². The standard InChI is InChI=1S/C8H16O5Si/c1-10-14(3,11-2)5-4-7-6-12-8(9)13-7/h7H,4-6H2,1-3H3. The minimum absolute atomic E-state index is 0.139. The molecule has 5 nitrogen and oxygen atoms in total. The van der Waals surface area contributed by atoms with Crippen molar-refractivity contribution in [3.8, 4) is 0 Å². The monoisotopic (exact) mass is 220 g/mol. The zero-order valence-corrected chi connectivity index (χ0v) is 9.74. The topological polar surface area (TPSA) is 54.0 Å². The molecule has 14 heavy (non-hydrogen) atoms. The first kappa shape index (κ1) is 11.5. The lowest BCUT2D eigenvalue weighted by Crippen LogP contribution is -2.37. The third kappa shape index (κ3) is 2.97. The van der Waals surface area contributed by atoms with Gasteiger partial charge in [0.1, 0.15) is 12.7 Å². The maximum atomic E-state index is 10.6. The van der Waals surface area contributed by atoms with E-state index in [1.165, 1.54) is 0 Å². The summed E-state index contributed by atoms with van der Waals surface area (Å²) in [6.07, 6.45) is 0.0173. The molecule has 1 fully saturated rings. The van der Waals surface area contributed by atoms with E-state index in [9.17, 15) is 4.79 Å². The molecule has 0 amide bonds. The van der Waals surface area contributed by atoms with Gasteiger partial charge in [-0.3, -0.25) is 0 Å². The van der Waals surface area contributed by atoms with Crippen LogP contribution in [0.2, 0.25) is 12.6 Å². The molecule has 1 unspecified atom stereocenters. The lowest BCUT2D eigenvalue weighted by molar-refractivity contribution is 0.116. The fourth-order valence-electron chi connectivity index (χ4n) is 1.22. The van der Waals surface area contributed by atoms with E-state index in [1.54, 1.807) is 14.2 Å². The molecule has 0 radical (unpaired) electrons. The molecule has 0 spiro atoms. The molecular formula is C8H16O5Si. The molecule has 1 atom stereocenters. The average molecular weight is 220 g/mol. The third-order valence-electron chi connectivity index (χ3n) is 2.43. The Morgan fingerprint density at radius 2 is 2.14 bits per heavy atom. The van der Waals surface area contributed by atoms with Crippen LogP contribution in [0.1, 0.15) is 6.42 Å². The first-order chi connectivity index (χ1) is 6.59. The SMILES string of the molecule is CO[Si](C)(CCC1COC(=O)O1)OC. The summed E-state index contributed by atoms with van der Waals surface area (Å²) in [6.45, 7) is 2.32. The van der Waals surface area contributed by atoms with Gasteiger partial charge in [-0.25, -0.2) is 4.79 Å². The number of hydrogen-bond acceptors (Lipinski definition) is 5. The first-order valence-electron chi connectivity index (χ1n) is 4.53. The maximum Gasteiger partial charge on any atom is 0.508 e. The molecule has 1 aliphatic rings. The molecule has 0 aliphatic carbocycles. The summed E-state index contributed by atoms with van der Waals surface area (Å²) in [7, 11) is 1.26. The van der Waals surface area contributed by atoms with E-state index >= 15 is 0 Å². The number of rotatable bonds is 5. The van der Waals surface area contributed by atoms with Gasteiger partial charge in [0.05, 0.1) is 0 Å². The molecule has 1 saturated heterocycles. The van der Waals surface area contributed by atoms with Crippen molar-refractivity contribution in [3.63, 3.8) is 0 Å². The lowest BCUT2D eigenvalue weighted by atomic mass is 10.3. The van der Waals surface area contributed by atoms with Crippen molar-refractivity contribution < 1.29 is 23.1 Å². The zero-order valence-electron chi connectivity index (χ0n) is 8.74. The molecule has 0 aromatic rings. The second kappa shape index (κ2) is 4.76. The van der Waals surface area contributed by atoms with Gasteiger partial charge in [-0.2, -0.15) is 0 Å². The Balaban J connectivity index is 2.29. The van der Waals surface area contributed by atoms with E-state index < -0.39 is 14.7 Å². The highest BCUT2D eigenvalue weighted by atomic mass is 28.4. The molecule has 1 heterocycles. The van der Waals surface area contributed by atoms with Crippen molar-refractivity contribution in [2.75, 3.05) is 20.8 Å². The van der Waals surface area contributed by atoms with Crippen LogP contribution in [0.3, 0.4) is 0 Å². The van der Waals surface area contributed by atoms with Gasteiger partial charge in [-0.1, -0.05) is 0 Å². The van der Waals surface area contributed by atoms with Gasteiger partial charge in [-0.15, -0.1) is 0 Å². The van der Waals surface area contributed by atoms with Crippen molar-refractivity contribution in [2.45, 2.75) is 25.1 Å². The average Bonchev–Trinajstić information content (AvgIpc) is 2.61.